The van der Waals surface area contributed by atoms with Crippen molar-refractivity contribution in [2.24, 2.45) is 0 Å². The van der Waals surface area contributed by atoms with Gasteiger partial charge in [-0.15, -0.1) is 11.8 Å². The molecule has 6 atom stereocenters. The van der Waals surface area contributed by atoms with Crippen LogP contribution in [0.1, 0.15) is 46.4 Å². The van der Waals surface area contributed by atoms with E-state index in [1.54, 1.807) is 24.3 Å². The van der Waals surface area contributed by atoms with Crippen molar-refractivity contribution in [1.82, 2.24) is 4.90 Å². The molecule has 0 saturated carbocycles. The van der Waals surface area contributed by atoms with Gasteiger partial charge in [0.15, 0.2) is 12.4 Å². The van der Waals surface area contributed by atoms with Gasteiger partial charge in [-0.05, 0) is 17.9 Å². The van der Waals surface area contributed by atoms with Gasteiger partial charge in [0.25, 0.3) is 11.8 Å². The van der Waals surface area contributed by atoms with E-state index in [1.807, 2.05) is 37.3 Å². The van der Waals surface area contributed by atoms with Gasteiger partial charge in [-0.3, -0.25) is 19.3 Å². The van der Waals surface area contributed by atoms with Gasteiger partial charge in [0.1, 0.15) is 23.7 Å². The van der Waals surface area contributed by atoms with Crippen LogP contribution >= 0.6 is 11.8 Å². The first kappa shape index (κ1) is 23.0. The Morgan fingerprint density at radius 3 is 2.29 bits per heavy atom. The summed E-state index contributed by atoms with van der Waals surface area (Å²) in [7, 11) is 0. The highest BCUT2D eigenvalue weighted by Crippen LogP contribution is 2.41. The number of rotatable bonds is 5. The van der Waals surface area contributed by atoms with Gasteiger partial charge in [-0.2, -0.15) is 0 Å². The minimum atomic E-state index is -0.919. The highest BCUT2D eigenvalue weighted by molar-refractivity contribution is 7.99. The van der Waals surface area contributed by atoms with Gasteiger partial charge in [0.05, 0.1) is 17.7 Å². The lowest BCUT2D eigenvalue weighted by Crippen LogP contribution is -2.67. The summed E-state index contributed by atoms with van der Waals surface area (Å²) >= 11 is 1.44. The van der Waals surface area contributed by atoms with Crippen molar-refractivity contribution in [3.05, 3.63) is 71.3 Å². The van der Waals surface area contributed by atoms with Gasteiger partial charge in [0.2, 0.25) is 0 Å². The molecule has 0 bridgehead atoms. The molecule has 9 heteroatoms. The molecule has 8 nitrogen and oxygen atoms in total. The lowest BCUT2D eigenvalue weighted by Gasteiger charge is -2.50. The van der Waals surface area contributed by atoms with Gasteiger partial charge in [0, 0.05) is 12.5 Å². The Bertz CT molecular complexity index is 1060. The summed E-state index contributed by atoms with van der Waals surface area (Å²) in [6.07, 6.45) is -2.87. The Labute approximate surface area is 201 Å². The lowest BCUT2D eigenvalue weighted by molar-refractivity contribution is -0.311. The summed E-state index contributed by atoms with van der Waals surface area (Å²) in [6, 6.07) is 15.2. The first-order valence-corrected chi connectivity index (χ1v) is 12.3. The second-order valence-electron chi connectivity index (χ2n) is 8.27. The lowest BCUT2D eigenvalue weighted by atomic mass is 9.95. The molecule has 1 unspecified atom stereocenters. The molecule has 2 aromatic carbocycles. The molecule has 0 radical (unpaired) electrons. The molecule has 3 aliphatic rings. The molecule has 2 amide bonds. The number of amides is 2. The van der Waals surface area contributed by atoms with Crippen molar-refractivity contribution in [1.29, 1.82) is 0 Å². The largest absolute Gasteiger partial charge is 0.457 e. The van der Waals surface area contributed by atoms with Crippen LogP contribution in [0.5, 0.6) is 0 Å². The number of ether oxygens (including phenoxy) is 4. The van der Waals surface area contributed by atoms with Crippen LogP contribution in [0.4, 0.5) is 0 Å². The second-order valence-corrected chi connectivity index (χ2v) is 9.64. The molecule has 5 rings (SSSR count). The summed E-state index contributed by atoms with van der Waals surface area (Å²) in [5.74, 6) is -0.724. The van der Waals surface area contributed by atoms with Crippen LogP contribution in [0, 0.1) is 0 Å². The van der Waals surface area contributed by atoms with E-state index in [2.05, 4.69) is 0 Å². The van der Waals surface area contributed by atoms with E-state index in [0.29, 0.717) is 16.9 Å². The molecule has 0 aromatic heterocycles. The van der Waals surface area contributed by atoms with E-state index in [0.717, 1.165) is 5.56 Å². The summed E-state index contributed by atoms with van der Waals surface area (Å²) in [4.78, 5) is 40.1. The molecular weight excluding hydrogens is 458 g/mol. The first-order valence-electron chi connectivity index (χ1n) is 11.2. The monoisotopic (exact) mass is 483 g/mol. The second kappa shape index (κ2) is 9.50. The van der Waals surface area contributed by atoms with E-state index in [9.17, 15) is 14.4 Å². The quantitative estimate of drug-likeness (QED) is 0.473. The van der Waals surface area contributed by atoms with Gasteiger partial charge in [-0.1, -0.05) is 49.4 Å². The van der Waals surface area contributed by atoms with Crippen LogP contribution in [0.15, 0.2) is 54.6 Å². The fourth-order valence-corrected chi connectivity index (χ4v) is 5.74. The van der Waals surface area contributed by atoms with Crippen molar-refractivity contribution >= 4 is 29.5 Å². The fraction of sp³-hybridized carbons (Fsp3) is 0.400. The Balaban J connectivity index is 1.53. The van der Waals surface area contributed by atoms with Crippen LogP contribution in [-0.4, -0.2) is 64.8 Å². The van der Waals surface area contributed by atoms with E-state index in [-0.39, 0.29) is 6.61 Å². The third-order valence-electron chi connectivity index (χ3n) is 6.14. The fourth-order valence-electron chi connectivity index (χ4n) is 4.72. The minimum absolute atomic E-state index is 0.220. The number of hydrogen-bond acceptors (Lipinski definition) is 8. The normalized spacial score (nSPS) is 30.6. The summed E-state index contributed by atoms with van der Waals surface area (Å²) in [6.45, 7) is 3.48. The number of hydrogen-bond donors (Lipinski definition) is 0. The molecule has 3 heterocycles. The Morgan fingerprint density at radius 1 is 1.03 bits per heavy atom. The van der Waals surface area contributed by atoms with E-state index >= 15 is 0 Å². The maximum absolute atomic E-state index is 13.4. The predicted octanol–water partition coefficient (Wildman–Crippen LogP) is 3.18. The minimum Gasteiger partial charge on any atom is -0.457 e. The Hall–Kier alpha value is -2.72. The summed E-state index contributed by atoms with van der Waals surface area (Å²) in [5, 5.41) is 0. The van der Waals surface area contributed by atoms with Crippen molar-refractivity contribution in [2.45, 2.75) is 49.9 Å². The third-order valence-corrected chi connectivity index (χ3v) is 7.19. The molecule has 3 aliphatic heterocycles. The maximum Gasteiger partial charge on any atom is 0.303 e. The third kappa shape index (κ3) is 4.02. The highest BCUT2D eigenvalue weighted by atomic mass is 32.2. The van der Waals surface area contributed by atoms with Crippen molar-refractivity contribution in [2.75, 3.05) is 12.4 Å². The average Bonchev–Trinajstić information content (AvgIpc) is 3.09. The van der Waals surface area contributed by atoms with Crippen molar-refractivity contribution in [3.8, 4) is 0 Å². The van der Waals surface area contributed by atoms with E-state index in [4.69, 9.17) is 18.9 Å². The Morgan fingerprint density at radius 2 is 1.68 bits per heavy atom. The molecule has 178 valence electrons. The van der Waals surface area contributed by atoms with Crippen LogP contribution in [0.25, 0.3) is 0 Å². The molecule has 2 saturated heterocycles. The number of benzene rings is 2. The van der Waals surface area contributed by atoms with Gasteiger partial charge >= 0.3 is 5.97 Å². The Kier molecular flexibility index (Phi) is 6.44. The van der Waals surface area contributed by atoms with E-state index < -0.39 is 53.9 Å². The number of carbonyl (C=O) groups excluding carboxylic acids is 3. The van der Waals surface area contributed by atoms with Gasteiger partial charge < -0.3 is 18.9 Å². The smallest absolute Gasteiger partial charge is 0.303 e. The average molecular weight is 484 g/mol. The summed E-state index contributed by atoms with van der Waals surface area (Å²) in [5.41, 5.74) is 0.848. The molecule has 0 spiro atoms. The number of nitrogens with zero attached hydrogens (tertiary/aromatic N) is 1. The SMILES string of the molecule is CCS[C@@H]1O[C@@H]2COC(c3ccccc3)O[C@H]2[C@H](OC(C)=O)[C@H]1N1C(=O)c2ccccc2C1=O. The zero-order valence-electron chi connectivity index (χ0n) is 18.8. The van der Waals surface area contributed by atoms with Crippen LogP contribution < -0.4 is 0 Å². The topological polar surface area (TPSA) is 91.4 Å². The standard InChI is InChI=1S/C25H25NO7S/c1-3-34-25-19(26-22(28)16-11-7-8-12-17(16)23(26)29)21(31-14(2)27)20-18(32-25)13-30-24(33-20)15-9-5-4-6-10-15/h4-12,18-21,24-25H,3,13H2,1-2H3/t18-,19-,20-,21-,24?,25+/m1/s1. The summed E-state index contributed by atoms with van der Waals surface area (Å²) < 4.78 is 24.3. The van der Waals surface area contributed by atoms with Crippen LogP contribution in [0.2, 0.25) is 0 Å². The number of carbonyl (C=O) groups is 3. The number of thioether (sulfide) groups is 1. The molecular formula is C25H25NO7S. The number of fused-ring (bicyclic) bond motifs is 2. The van der Waals surface area contributed by atoms with Crippen molar-refractivity contribution in [3.63, 3.8) is 0 Å². The maximum atomic E-state index is 13.4. The molecule has 2 aromatic rings. The first-order chi connectivity index (χ1) is 16.5. The van der Waals surface area contributed by atoms with Crippen molar-refractivity contribution < 1.29 is 33.3 Å². The number of esters is 1. The van der Waals surface area contributed by atoms with Gasteiger partial charge in [-0.25, -0.2) is 0 Å². The van der Waals surface area contributed by atoms with Crippen LogP contribution in [-0.2, 0) is 23.7 Å². The zero-order valence-corrected chi connectivity index (χ0v) is 19.6. The molecule has 2 fully saturated rings. The number of imide groups is 1. The molecule has 0 N–H and O–H groups in total. The zero-order chi connectivity index (χ0) is 23.8. The molecule has 0 aliphatic carbocycles. The van der Waals surface area contributed by atoms with E-state index in [1.165, 1.54) is 23.6 Å². The van der Waals surface area contributed by atoms with Crippen LogP contribution in [0.3, 0.4) is 0 Å². The predicted molar refractivity (Wildman–Crippen MR) is 123 cm³/mol. The highest BCUT2D eigenvalue weighted by Gasteiger charge is 2.57. The molecule has 34 heavy (non-hydrogen) atoms.